The number of ether oxygens (including phenoxy) is 1. The van der Waals surface area contributed by atoms with Crippen molar-refractivity contribution in [1.82, 2.24) is 9.97 Å². The molecule has 27 heavy (non-hydrogen) atoms. The minimum absolute atomic E-state index is 0.0479. The lowest BCUT2D eigenvalue weighted by atomic mass is 9.97. The Morgan fingerprint density at radius 1 is 1.33 bits per heavy atom. The monoisotopic (exact) mass is 369 g/mol. The molecule has 1 saturated heterocycles. The molecule has 2 heterocycles. The van der Waals surface area contributed by atoms with E-state index in [1.807, 2.05) is 6.07 Å². The highest BCUT2D eigenvalue weighted by atomic mass is 16.5. The lowest BCUT2D eigenvalue weighted by molar-refractivity contribution is -0.146. The van der Waals surface area contributed by atoms with Crippen LogP contribution < -0.4 is 15.5 Å². The molecule has 0 radical (unpaired) electrons. The van der Waals surface area contributed by atoms with Gasteiger partial charge in [0.1, 0.15) is 12.0 Å². The van der Waals surface area contributed by atoms with Crippen LogP contribution in [0.3, 0.4) is 0 Å². The number of benzene rings is 1. The zero-order valence-corrected chi connectivity index (χ0v) is 16.2. The van der Waals surface area contributed by atoms with Crippen molar-refractivity contribution >= 4 is 29.0 Å². The van der Waals surface area contributed by atoms with Crippen LogP contribution in [-0.2, 0) is 9.53 Å². The number of aromatic nitrogens is 2. The van der Waals surface area contributed by atoms with E-state index < -0.39 is 0 Å². The van der Waals surface area contributed by atoms with Crippen molar-refractivity contribution < 1.29 is 9.53 Å². The highest BCUT2D eigenvalue weighted by Gasteiger charge is 2.28. The standard InChI is InChI=1S/C20H27N5O2/c1-4-25(16-7-5-6-14(2)12-16)19-17(21)18(22-13-23-19)24-10-8-15(9-11-24)20(26)27-3/h5-7,12-13,15H,4,8-11,21H2,1-3H3. The molecule has 1 aliphatic heterocycles. The van der Waals surface area contributed by atoms with Gasteiger partial charge in [0.25, 0.3) is 0 Å². The maximum atomic E-state index is 11.7. The fraction of sp³-hybridized carbons (Fsp3) is 0.450. The van der Waals surface area contributed by atoms with E-state index in [4.69, 9.17) is 10.5 Å². The Hall–Kier alpha value is -2.83. The van der Waals surface area contributed by atoms with Crippen molar-refractivity contribution in [1.29, 1.82) is 0 Å². The lowest BCUT2D eigenvalue weighted by Crippen LogP contribution is -2.37. The maximum Gasteiger partial charge on any atom is 0.308 e. The van der Waals surface area contributed by atoms with Gasteiger partial charge in [0, 0.05) is 25.3 Å². The Kier molecular flexibility index (Phi) is 5.78. The Balaban J connectivity index is 1.85. The molecule has 1 aromatic heterocycles. The van der Waals surface area contributed by atoms with Crippen LogP contribution in [0.2, 0.25) is 0 Å². The van der Waals surface area contributed by atoms with Crippen molar-refractivity contribution in [2.75, 3.05) is 42.3 Å². The van der Waals surface area contributed by atoms with Gasteiger partial charge in [-0.3, -0.25) is 4.79 Å². The molecule has 0 saturated carbocycles. The Morgan fingerprint density at radius 3 is 2.70 bits per heavy atom. The summed E-state index contributed by atoms with van der Waals surface area (Å²) in [6, 6.07) is 8.27. The molecule has 0 spiro atoms. The third-order valence-electron chi connectivity index (χ3n) is 5.06. The van der Waals surface area contributed by atoms with E-state index >= 15 is 0 Å². The third-order valence-corrected chi connectivity index (χ3v) is 5.06. The van der Waals surface area contributed by atoms with Crippen LogP contribution in [0.25, 0.3) is 0 Å². The van der Waals surface area contributed by atoms with Crippen molar-refractivity contribution in [3.63, 3.8) is 0 Å². The van der Waals surface area contributed by atoms with E-state index in [0.29, 0.717) is 11.5 Å². The summed E-state index contributed by atoms with van der Waals surface area (Å²) in [5, 5.41) is 0. The molecule has 0 atom stereocenters. The van der Waals surface area contributed by atoms with E-state index in [1.165, 1.54) is 12.7 Å². The van der Waals surface area contributed by atoms with Crippen LogP contribution in [0.1, 0.15) is 25.3 Å². The number of nitrogens with zero attached hydrogens (tertiary/aromatic N) is 4. The molecule has 7 nitrogen and oxygen atoms in total. The third kappa shape index (κ3) is 3.97. The summed E-state index contributed by atoms with van der Waals surface area (Å²) < 4.78 is 4.86. The topological polar surface area (TPSA) is 84.6 Å². The number of rotatable bonds is 5. The number of hydrogen-bond donors (Lipinski definition) is 1. The van der Waals surface area contributed by atoms with Crippen molar-refractivity contribution in [3.8, 4) is 0 Å². The molecule has 1 aliphatic rings. The molecule has 1 aromatic carbocycles. The second-order valence-electron chi connectivity index (χ2n) is 6.80. The van der Waals surface area contributed by atoms with Gasteiger partial charge in [-0.15, -0.1) is 0 Å². The fourth-order valence-corrected chi connectivity index (χ4v) is 3.59. The van der Waals surface area contributed by atoms with Crippen LogP contribution >= 0.6 is 0 Å². The Labute approximate surface area is 160 Å². The number of hydrogen-bond acceptors (Lipinski definition) is 7. The highest BCUT2D eigenvalue weighted by Crippen LogP contribution is 2.35. The van der Waals surface area contributed by atoms with Crippen molar-refractivity contribution in [2.24, 2.45) is 5.92 Å². The number of methoxy groups -OCH3 is 1. The van der Waals surface area contributed by atoms with Gasteiger partial charge in [0.15, 0.2) is 11.6 Å². The quantitative estimate of drug-likeness (QED) is 0.811. The number of nitrogens with two attached hydrogens (primary N) is 1. The molecule has 1 fully saturated rings. The molecule has 2 aromatic rings. The van der Waals surface area contributed by atoms with Gasteiger partial charge < -0.3 is 20.3 Å². The van der Waals surface area contributed by atoms with Crippen LogP contribution in [0.15, 0.2) is 30.6 Å². The number of esters is 1. The Bertz CT molecular complexity index is 803. The van der Waals surface area contributed by atoms with E-state index in [2.05, 4.69) is 51.8 Å². The van der Waals surface area contributed by atoms with Gasteiger partial charge >= 0.3 is 5.97 Å². The maximum absolute atomic E-state index is 11.7. The number of nitrogen functional groups attached to an aromatic ring is 1. The molecule has 144 valence electrons. The fourth-order valence-electron chi connectivity index (χ4n) is 3.59. The average molecular weight is 369 g/mol. The second-order valence-corrected chi connectivity index (χ2v) is 6.80. The van der Waals surface area contributed by atoms with Gasteiger partial charge in [0.2, 0.25) is 0 Å². The Morgan fingerprint density at radius 2 is 2.07 bits per heavy atom. The summed E-state index contributed by atoms with van der Waals surface area (Å²) in [6.07, 6.45) is 3.04. The predicted octanol–water partition coefficient (Wildman–Crippen LogP) is 2.91. The zero-order valence-electron chi connectivity index (χ0n) is 16.2. The molecule has 0 aliphatic carbocycles. The first-order valence-electron chi connectivity index (χ1n) is 9.32. The molecule has 2 N–H and O–H groups in total. The first-order chi connectivity index (χ1) is 13.0. The number of anilines is 4. The van der Waals surface area contributed by atoms with E-state index in [0.717, 1.165) is 44.0 Å². The molecule has 3 rings (SSSR count). The van der Waals surface area contributed by atoms with Crippen molar-refractivity contribution in [3.05, 3.63) is 36.2 Å². The predicted molar refractivity (Wildman–Crippen MR) is 107 cm³/mol. The van der Waals surface area contributed by atoms with Gasteiger partial charge in [0.05, 0.1) is 13.0 Å². The largest absolute Gasteiger partial charge is 0.469 e. The first-order valence-corrected chi connectivity index (χ1v) is 9.32. The molecular weight excluding hydrogens is 342 g/mol. The summed E-state index contributed by atoms with van der Waals surface area (Å²) >= 11 is 0. The van der Waals surface area contributed by atoms with Crippen LogP contribution in [0.5, 0.6) is 0 Å². The molecule has 0 bridgehead atoms. The molecular formula is C20H27N5O2. The normalized spacial score (nSPS) is 14.9. The number of carbonyl (C=O) groups excluding carboxylic acids is 1. The number of aryl methyl sites for hydroxylation is 1. The number of carbonyl (C=O) groups is 1. The molecule has 0 amide bonds. The van der Waals surface area contributed by atoms with Gasteiger partial charge in [-0.2, -0.15) is 0 Å². The first kappa shape index (κ1) is 18.9. The van der Waals surface area contributed by atoms with Gasteiger partial charge in [-0.25, -0.2) is 9.97 Å². The van der Waals surface area contributed by atoms with Crippen molar-refractivity contribution in [2.45, 2.75) is 26.7 Å². The van der Waals surface area contributed by atoms with Gasteiger partial charge in [-0.1, -0.05) is 12.1 Å². The van der Waals surface area contributed by atoms with E-state index in [1.54, 1.807) is 6.33 Å². The SMILES string of the molecule is CCN(c1cccc(C)c1)c1ncnc(N2CCC(C(=O)OC)CC2)c1N. The summed E-state index contributed by atoms with van der Waals surface area (Å²) in [4.78, 5) is 24.9. The van der Waals surface area contributed by atoms with E-state index in [-0.39, 0.29) is 11.9 Å². The van der Waals surface area contributed by atoms with Crippen LogP contribution in [0.4, 0.5) is 23.0 Å². The summed E-state index contributed by atoms with van der Waals surface area (Å²) in [6.45, 7) is 6.32. The summed E-state index contributed by atoms with van der Waals surface area (Å²) in [5.74, 6) is 1.26. The van der Waals surface area contributed by atoms with Crippen LogP contribution in [-0.4, -0.2) is 42.7 Å². The summed E-state index contributed by atoms with van der Waals surface area (Å²) in [5.41, 5.74) is 9.29. The summed E-state index contributed by atoms with van der Waals surface area (Å²) in [7, 11) is 1.44. The van der Waals surface area contributed by atoms with Crippen LogP contribution in [0, 0.1) is 12.8 Å². The van der Waals surface area contributed by atoms with E-state index in [9.17, 15) is 4.79 Å². The average Bonchev–Trinajstić information content (AvgIpc) is 2.69. The minimum Gasteiger partial charge on any atom is -0.469 e. The molecule has 7 heteroatoms. The second kappa shape index (κ2) is 8.24. The lowest BCUT2D eigenvalue weighted by Gasteiger charge is -2.33. The minimum atomic E-state index is -0.136. The van der Waals surface area contributed by atoms with Gasteiger partial charge in [-0.05, 0) is 44.4 Å². The zero-order chi connectivity index (χ0) is 19.4. The molecule has 0 unspecified atom stereocenters. The smallest absolute Gasteiger partial charge is 0.308 e. The number of piperidine rings is 1. The highest BCUT2D eigenvalue weighted by molar-refractivity contribution is 5.80.